The number of nitrogens with zero attached hydrogens (tertiary/aromatic N) is 1. The summed E-state index contributed by atoms with van der Waals surface area (Å²) in [4.78, 5) is 37.2. The molecule has 0 aliphatic heterocycles. The lowest BCUT2D eigenvalue weighted by molar-refractivity contribution is -0.806. The summed E-state index contributed by atoms with van der Waals surface area (Å²) in [5.41, 5.74) is 0. The molecule has 0 unspecified atom stereocenters. The second kappa shape index (κ2) is 34.9. The number of amides is 1. The van der Waals surface area contributed by atoms with Crippen molar-refractivity contribution in [3.63, 3.8) is 0 Å². The highest BCUT2D eigenvalue weighted by Gasteiger charge is 2.30. The second-order valence-corrected chi connectivity index (χ2v) is 13.8. The molecule has 0 radical (unpaired) electrons. The number of halogens is 1. The van der Waals surface area contributed by atoms with Gasteiger partial charge in [-0.15, -0.1) is 0 Å². The third-order valence-electron chi connectivity index (χ3n) is 8.72. The van der Waals surface area contributed by atoms with Gasteiger partial charge in [0, 0.05) is 6.42 Å². The van der Waals surface area contributed by atoms with E-state index >= 15 is 0 Å². The van der Waals surface area contributed by atoms with Crippen LogP contribution in [0.5, 0.6) is 0 Å². The molecule has 0 saturated carbocycles. The van der Waals surface area contributed by atoms with Crippen molar-refractivity contribution in [2.45, 2.75) is 194 Å². The quantitative estimate of drug-likeness (QED) is 0.0237. The molecule has 1 amide bonds. The number of hydrogen-bond acceptors (Lipinski definition) is 4. The Balaban J connectivity index is 0. The van der Waals surface area contributed by atoms with E-state index < -0.39 is 11.9 Å². The summed E-state index contributed by atoms with van der Waals surface area (Å²) in [6, 6.07) is 0. The van der Waals surface area contributed by atoms with Crippen molar-refractivity contribution >= 4 is 17.8 Å². The van der Waals surface area contributed by atoms with E-state index in [1.165, 1.54) is 116 Å². The van der Waals surface area contributed by atoms with Gasteiger partial charge in [-0.2, -0.15) is 0 Å². The van der Waals surface area contributed by atoms with Crippen LogP contribution in [-0.4, -0.2) is 43.0 Å². The first-order valence-electron chi connectivity index (χ1n) is 19.2. The van der Waals surface area contributed by atoms with Crippen LogP contribution in [0.4, 0.5) is 0 Å². The zero-order valence-electron chi connectivity index (χ0n) is 30.8. The number of allylic oxidation sites excluding steroid dienone is 4. The Morgan fingerprint density at radius 3 is 1.17 bits per heavy atom. The lowest BCUT2D eigenvalue weighted by atomic mass is 10.1. The van der Waals surface area contributed by atoms with Crippen molar-refractivity contribution in [2.75, 3.05) is 20.6 Å². The van der Waals surface area contributed by atoms with Crippen molar-refractivity contribution in [3.05, 3.63) is 24.3 Å². The minimum absolute atomic E-state index is 0. The van der Waals surface area contributed by atoms with Crippen LogP contribution < -0.4 is 12.4 Å². The number of hydrogen-bond donors (Lipinski definition) is 0. The molecule has 0 saturated heterocycles. The molecular formula is C40H74ClNO4. The van der Waals surface area contributed by atoms with Crippen LogP contribution in [0.2, 0.25) is 0 Å². The average molecular weight is 668 g/mol. The number of rotatable bonds is 32. The maximum absolute atomic E-state index is 12.7. The number of esters is 2. The van der Waals surface area contributed by atoms with Gasteiger partial charge in [-0.1, -0.05) is 141 Å². The van der Waals surface area contributed by atoms with Crippen LogP contribution in [-0.2, 0) is 19.1 Å². The van der Waals surface area contributed by atoms with Gasteiger partial charge in [-0.05, 0) is 64.2 Å². The highest BCUT2D eigenvalue weighted by Crippen LogP contribution is 2.13. The Hall–Kier alpha value is -1.46. The Labute approximate surface area is 291 Å². The predicted octanol–water partition coefficient (Wildman–Crippen LogP) is 8.74. The van der Waals surface area contributed by atoms with Crippen molar-refractivity contribution in [1.82, 2.24) is 0 Å². The average Bonchev–Trinajstić information content (AvgIpc) is 3.00. The first kappa shape index (κ1) is 46.7. The van der Waals surface area contributed by atoms with Crippen LogP contribution in [0.1, 0.15) is 194 Å². The molecule has 0 aromatic rings. The van der Waals surface area contributed by atoms with E-state index in [2.05, 4.69) is 38.2 Å². The molecule has 0 aromatic heterocycles. The van der Waals surface area contributed by atoms with Crippen LogP contribution in [0.15, 0.2) is 24.3 Å². The molecule has 0 bridgehead atoms. The Morgan fingerprint density at radius 1 is 0.457 bits per heavy atom. The normalized spacial score (nSPS) is 11.7. The van der Waals surface area contributed by atoms with Gasteiger partial charge in [-0.3, -0.25) is 9.28 Å². The fraction of sp³-hybridized carbons (Fsp3) is 0.825. The fourth-order valence-corrected chi connectivity index (χ4v) is 5.61. The van der Waals surface area contributed by atoms with E-state index in [1.54, 1.807) is 14.1 Å². The smallest absolute Gasteiger partial charge is 0.369 e. The molecule has 0 aliphatic rings. The number of unbranched alkanes of at least 4 members (excludes halogenated alkanes) is 22. The summed E-state index contributed by atoms with van der Waals surface area (Å²) in [5.74, 6) is -1.05. The monoisotopic (exact) mass is 668 g/mol. The molecule has 0 rings (SSSR count). The number of likely N-dealkylation sites (N-methyl/N-ethyl adjacent to an activating group) is 1. The summed E-state index contributed by atoms with van der Waals surface area (Å²) in [6.07, 6.45) is 41.5. The molecule has 6 heteroatoms. The summed E-state index contributed by atoms with van der Waals surface area (Å²) in [5, 5.41) is 0. The van der Waals surface area contributed by atoms with Gasteiger partial charge in [0.25, 0.3) is 0 Å². The molecule has 5 nitrogen and oxygen atoms in total. The standard InChI is InChI=1S/C40H74NO4.ClH/c1-5-7-9-11-13-15-17-19-21-23-25-27-29-31-33-35-38(42)41(3,4)37-40(44)45-39(43)36-34-32-30-28-26-24-22-20-18-16-14-12-10-8-6-2;/h19-22H,5-18,23-37H2,1-4H3;1H/q+1;/p-1. The van der Waals surface area contributed by atoms with Crippen molar-refractivity contribution < 1.29 is 36.0 Å². The van der Waals surface area contributed by atoms with Gasteiger partial charge in [0.2, 0.25) is 0 Å². The van der Waals surface area contributed by atoms with E-state index in [9.17, 15) is 14.4 Å². The van der Waals surface area contributed by atoms with E-state index in [-0.39, 0.29) is 35.8 Å². The topological polar surface area (TPSA) is 60.4 Å². The summed E-state index contributed by atoms with van der Waals surface area (Å²) in [6.45, 7) is 4.42. The molecule has 0 aliphatic carbocycles. The van der Waals surface area contributed by atoms with Crippen molar-refractivity contribution in [3.8, 4) is 0 Å². The lowest BCUT2D eigenvalue weighted by Gasteiger charge is -2.25. The Bertz CT molecular complexity index is 777. The second-order valence-electron chi connectivity index (χ2n) is 13.8. The minimum atomic E-state index is -0.601. The fourth-order valence-electron chi connectivity index (χ4n) is 5.61. The lowest BCUT2D eigenvalue weighted by Crippen LogP contribution is -3.00. The van der Waals surface area contributed by atoms with Crippen LogP contribution >= 0.6 is 0 Å². The molecule has 0 N–H and O–H groups in total. The Morgan fingerprint density at radius 2 is 0.783 bits per heavy atom. The van der Waals surface area contributed by atoms with Crippen molar-refractivity contribution in [1.29, 1.82) is 0 Å². The maximum Gasteiger partial charge on any atom is 0.369 e. The zero-order chi connectivity index (χ0) is 33.3. The SMILES string of the molecule is CCCCCCCCC=CCCCCCCCC(=O)OC(=O)C[N+](C)(C)C(=O)CCCCCCCC=CCCCCCCCC.[Cl-]. The van der Waals surface area contributed by atoms with Crippen LogP contribution in [0.25, 0.3) is 0 Å². The molecule has 0 atom stereocenters. The van der Waals surface area contributed by atoms with E-state index in [0.717, 1.165) is 51.4 Å². The van der Waals surface area contributed by atoms with E-state index in [0.29, 0.717) is 6.42 Å². The molecule has 0 aromatic carbocycles. The molecule has 46 heavy (non-hydrogen) atoms. The number of ether oxygens (including phenoxy) is 1. The first-order chi connectivity index (χ1) is 21.8. The van der Waals surface area contributed by atoms with Gasteiger partial charge in [-0.25, -0.2) is 9.59 Å². The van der Waals surface area contributed by atoms with Gasteiger partial charge in [0.15, 0.2) is 6.54 Å². The summed E-state index contributed by atoms with van der Waals surface area (Å²) >= 11 is 0. The summed E-state index contributed by atoms with van der Waals surface area (Å²) < 4.78 is 4.96. The molecule has 0 spiro atoms. The summed E-state index contributed by atoms with van der Waals surface area (Å²) in [7, 11) is 3.46. The van der Waals surface area contributed by atoms with E-state index in [1.807, 2.05) is 0 Å². The first-order valence-corrected chi connectivity index (χ1v) is 19.2. The zero-order valence-corrected chi connectivity index (χ0v) is 31.5. The van der Waals surface area contributed by atoms with E-state index in [4.69, 9.17) is 4.74 Å². The number of carbonyl (C=O) groups is 3. The third kappa shape index (κ3) is 32.5. The van der Waals surface area contributed by atoms with Crippen molar-refractivity contribution in [2.24, 2.45) is 0 Å². The van der Waals surface area contributed by atoms with Crippen LogP contribution in [0, 0.1) is 0 Å². The third-order valence-corrected chi connectivity index (χ3v) is 8.72. The van der Waals surface area contributed by atoms with Gasteiger partial charge >= 0.3 is 17.8 Å². The molecule has 0 heterocycles. The highest BCUT2D eigenvalue weighted by atomic mass is 35.5. The number of carbonyl (C=O) groups excluding carboxylic acids is 3. The highest BCUT2D eigenvalue weighted by molar-refractivity contribution is 5.86. The van der Waals surface area contributed by atoms with Crippen LogP contribution in [0.3, 0.4) is 0 Å². The maximum atomic E-state index is 12.7. The number of quaternary nitrogens is 1. The van der Waals surface area contributed by atoms with Gasteiger partial charge in [0.1, 0.15) is 0 Å². The molecule has 0 fully saturated rings. The molecular weight excluding hydrogens is 594 g/mol. The van der Waals surface area contributed by atoms with Gasteiger partial charge < -0.3 is 17.1 Å². The predicted molar refractivity (Wildman–Crippen MR) is 192 cm³/mol. The minimum Gasteiger partial charge on any atom is -1.00 e. The Kier molecular flexibility index (Phi) is 35.4. The van der Waals surface area contributed by atoms with Gasteiger partial charge in [0.05, 0.1) is 20.5 Å². The largest absolute Gasteiger partial charge is 1.00 e. The molecule has 270 valence electrons.